The third-order valence-electron chi connectivity index (χ3n) is 3.54. The third-order valence-corrected chi connectivity index (χ3v) is 4.20. The maximum absolute atomic E-state index is 6.42. The van der Waals surface area contributed by atoms with E-state index in [1.54, 1.807) is 0 Å². The lowest BCUT2D eigenvalue weighted by Gasteiger charge is -2.21. The Kier molecular flexibility index (Phi) is 4.36. The maximum atomic E-state index is 6.42. The lowest BCUT2D eigenvalue weighted by Crippen LogP contribution is -2.22. The molecule has 1 radical (unpaired) electrons. The number of para-hydroxylation sites is 1. The van der Waals surface area contributed by atoms with Crippen molar-refractivity contribution in [2.24, 2.45) is 5.73 Å². The maximum Gasteiger partial charge on any atom is 0.0522 e. The number of aromatic amines is 1. The van der Waals surface area contributed by atoms with Crippen LogP contribution in [-0.2, 0) is 0 Å². The zero-order valence-electron chi connectivity index (χ0n) is 11.3. The first kappa shape index (κ1) is 13.5. The Morgan fingerprint density at radius 1 is 1.39 bits per heavy atom. The fraction of sp³-hybridized carbons (Fsp3) is 0.400. The second kappa shape index (κ2) is 5.81. The van der Waals surface area contributed by atoms with Gasteiger partial charge in [-0.05, 0) is 31.2 Å². The van der Waals surface area contributed by atoms with Crippen LogP contribution >= 0.6 is 11.8 Å². The van der Waals surface area contributed by atoms with E-state index in [1.807, 2.05) is 11.8 Å². The summed E-state index contributed by atoms with van der Waals surface area (Å²) in [5, 5.41) is 1.28. The van der Waals surface area contributed by atoms with E-state index in [0.29, 0.717) is 0 Å². The molecule has 0 bridgehead atoms. The van der Waals surface area contributed by atoms with Crippen molar-refractivity contribution in [2.45, 2.75) is 26.3 Å². The fourth-order valence-corrected chi connectivity index (χ4v) is 3.17. The van der Waals surface area contributed by atoms with Gasteiger partial charge in [0.05, 0.1) is 6.04 Å². The van der Waals surface area contributed by atoms with E-state index in [0.717, 1.165) is 12.2 Å². The van der Waals surface area contributed by atoms with Gasteiger partial charge in [0.2, 0.25) is 0 Å². The van der Waals surface area contributed by atoms with Gasteiger partial charge in [0.1, 0.15) is 0 Å². The molecule has 0 saturated heterocycles. The van der Waals surface area contributed by atoms with Gasteiger partial charge in [0.25, 0.3) is 0 Å². The molecule has 18 heavy (non-hydrogen) atoms. The van der Waals surface area contributed by atoms with Crippen molar-refractivity contribution < 1.29 is 0 Å². The van der Waals surface area contributed by atoms with E-state index >= 15 is 0 Å². The Labute approximate surface area is 113 Å². The van der Waals surface area contributed by atoms with Crippen LogP contribution in [0.1, 0.15) is 30.6 Å². The summed E-state index contributed by atoms with van der Waals surface area (Å²) in [4.78, 5) is 3.48. The van der Waals surface area contributed by atoms with Crippen molar-refractivity contribution >= 4 is 22.7 Å². The number of H-pyrrole nitrogens is 1. The summed E-state index contributed by atoms with van der Waals surface area (Å²) in [7, 11) is 0. The van der Waals surface area contributed by atoms with Gasteiger partial charge in [-0.25, -0.2) is 0 Å². The summed E-state index contributed by atoms with van der Waals surface area (Å²) >= 11 is 1.84. The van der Waals surface area contributed by atoms with Crippen LogP contribution in [-0.4, -0.2) is 17.0 Å². The topological polar surface area (TPSA) is 41.8 Å². The predicted molar refractivity (Wildman–Crippen MR) is 81.9 cm³/mol. The summed E-state index contributed by atoms with van der Waals surface area (Å²) in [5.74, 6) is 2.43. The van der Waals surface area contributed by atoms with Gasteiger partial charge < -0.3 is 10.7 Å². The number of hydrogen-bond donors (Lipinski definition) is 2. The van der Waals surface area contributed by atoms with E-state index in [-0.39, 0.29) is 6.04 Å². The van der Waals surface area contributed by atoms with Gasteiger partial charge >= 0.3 is 0 Å². The molecule has 0 saturated carbocycles. The standard InChI is InChI=1S/C15H21N2S/c1-4-11(9-18-3)14(16)15-10(2)12-7-5-6-8-13(12)17-15/h5-8,14,17H,4,9,16H2,1-3H3. The summed E-state index contributed by atoms with van der Waals surface area (Å²) in [6, 6.07) is 8.41. The number of nitrogens with two attached hydrogens (primary N) is 1. The molecular formula is C15H21N2S. The van der Waals surface area contributed by atoms with Gasteiger partial charge in [-0.15, -0.1) is 0 Å². The highest BCUT2D eigenvalue weighted by molar-refractivity contribution is 7.98. The Hall–Kier alpha value is -0.930. The molecule has 0 amide bonds. The number of aryl methyl sites for hydroxylation is 1. The molecule has 0 fully saturated rings. The number of benzene rings is 1. The van der Waals surface area contributed by atoms with Crippen molar-refractivity contribution in [1.82, 2.24) is 4.98 Å². The van der Waals surface area contributed by atoms with Crippen LogP contribution in [0.2, 0.25) is 0 Å². The van der Waals surface area contributed by atoms with Crippen LogP contribution in [0.25, 0.3) is 10.9 Å². The Morgan fingerprint density at radius 2 is 2.11 bits per heavy atom. The van der Waals surface area contributed by atoms with E-state index in [2.05, 4.69) is 49.4 Å². The highest BCUT2D eigenvalue weighted by Gasteiger charge is 2.22. The quantitative estimate of drug-likeness (QED) is 0.859. The molecule has 0 aliphatic heterocycles. The van der Waals surface area contributed by atoms with Crippen molar-refractivity contribution in [2.75, 3.05) is 12.0 Å². The van der Waals surface area contributed by atoms with E-state index in [1.165, 1.54) is 28.1 Å². The zero-order chi connectivity index (χ0) is 13.1. The van der Waals surface area contributed by atoms with Crippen molar-refractivity contribution in [3.05, 3.63) is 41.4 Å². The molecule has 3 N–H and O–H groups in total. The minimum absolute atomic E-state index is 0.0230. The summed E-state index contributed by atoms with van der Waals surface area (Å²) in [6.07, 6.45) is 3.16. The highest BCUT2D eigenvalue weighted by Crippen LogP contribution is 2.32. The van der Waals surface area contributed by atoms with Crippen molar-refractivity contribution in [3.63, 3.8) is 0 Å². The first-order valence-electron chi connectivity index (χ1n) is 6.35. The molecule has 0 aliphatic rings. The summed E-state index contributed by atoms with van der Waals surface area (Å²) < 4.78 is 0. The molecule has 0 aliphatic carbocycles. The number of aromatic nitrogens is 1. The van der Waals surface area contributed by atoms with E-state index < -0.39 is 0 Å². The van der Waals surface area contributed by atoms with Gasteiger partial charge in [0.15, 0.2) is 0 Å². The second-order valence-electron chi connectivity index (χ2n) is 4.63. The fourth-order valence-electron chi connectivity index (χ4n) is 2.42. The molecule has 1 unspecified atom stereocenters. The van der Waals surface area contributed by atoms with Crippen LogP contribution in [0.4, 0.5) is 0 Å². The Bertz CT molecular complexity index is 518. The summed E-state index contributed by atoms with van der Waals surface area (Å²) in [5.41, 5.74) is 10.1. The third kappa shape index (κ3) is 2.43. The number of thioether (sulfide) groups is 1. The minimum atomic E-state index is 0.0230. The van der Waals surface area contributed by atoms with Gasteiger partial charge in [-0.2, -0.15) is 11.8 Å². The first-order chi connectivity index (χ1) is 8.69. The highest BCUT2D eigenvalue weighted by atomic mass is 32.2. The average Bonchev–Trinajstić information content (AvgIpc) is 2.73. The second-order valence-corrected chi connectivity index (χ2v) is 5.50. The monoisotopic (exact) mass is 261 g/mol. The zero-order valence-corrected chi connectivity index (χ0v) is 12.1. The molecular weight excluding hydrogens is 240 g/mol. The molecule has 3 heteroatoms. The molecule has 0 spiro atoms. The molecule has 1 aromatic heterocycles. The molecule has 97 valence electrons. The van der Waals surface area contributed by atoms with E-state index in [9.17, 15) is 0 Å². The Morgan fingerprint density at radius 3 is 2.72 bits per heavy atom. The van der Waals surface area contributed by atoms with Crippen LogP contribution in [0.15, 0.2) is 24.3 Å². The molecule has 2 aromatic rings. The largest absolute Gasteiger partial charge is 0.357 e. The average molecular weight is 261 g/mol. The predicted octanol–water partition coefficient (Wildman–Crippen LogP) is 3.82. The smallest absolute Gasteiger partial charge is 0.0522 e. The number of rotatable bonds is 5. The molecule has 1 aromatic carbocycles. The van der Waals surface area contributed by atoms with Gasteiger partial charge in [-0.3, -0.25) is 0 Å². The minimum Gasteiger partial charge on any atom is -0.357 e. The lowest BCUT2D eigenvalue weighted by molar-refractivity contribution is 0.674. The van der Waals surface area contributed by atoms with Crippen LogP contribution in [0.3, 0.4) is 0 Å². The normalized spacial score (nSPS) is 13.4. The number of nitrogens with one attached hydrogen (secondary N) is 1. The molecule has 1 atom stereocenters. The Balaban J connectivity index is 2.37. The number of fused-ring (bicyclic) bond motifs is 1. The molecule has 2 nitrogen and oxygen atoms in total. The first-order valence-corrected chi connectivity index (χ1v) is 7.74. The van der Waals surface area contributed by atoms with Crippen molar-refractivity contribution in [1.29, 1.82) is 0 Å². The van der Waals surface area contributed by atoms with Crippen LogP contribution in [0, 0.1) is 12.8 Å². The lowest BCUT2D eigenvalue weighted by atomic mass is 9.95. The van der Waals surface area contributed by atoms with E-state index in [4.69, 9.17) is 5.73 Å². The SMILES string of the molecule is CC[C](CSC)C(N)c1[nH]c2ccccc2c1C. The molecule has 1 heterocycles. The van der Waals surface area contributed by atoms with Crippen molar-refractivity contribution in [3.8, 4) is 0 Å². The number of hydrogen-bond acceptors (Lipinski definition) is 2. The van der Waals surface area contributed by atoms with Crippen LogP contribution in [0.5, 0.6) is 0 Å². The van der Waals surface area contributed by atoms with Gasteiger partial charge in [0, 0.05) is 28.3 Å². The summed E-state index contributed by atoms with van der Waals surface area (Å²) in [6.45, 7) is 4.34. The molecule has 2 rings (SSSR count). The van der Waals surface area contributed by atoms with Gasteiger partial charge in [-0.1, -0.05) is 25.1 Å². The van der Waals surface area contributed by atoms with Crippen LogP contribution < -0.4 is 5.73 Å².